The zero-order chi connectivity index (χ0) is 13.1. The van der Waals surface area contributed by atoms with Gasteiger partial charge in [0.05, 0.1) is 2.88 Å². The van der Waals surface area contributed by atoms with Gasteiger partial charge >= 0.3 is 0 Å². The minimum absolute atomic E-state index is 0.601. The molecule has 0 aromatic carbocycles. The number of rotatable bonds is 5. The van der Waals surface area contributed by atoms with E-state index in [4.69, 9.17) is 0 Å². The Morgan fingerprint density at radius 3 is 2.83 bits per heavy atom. The van der Waals surface area contributed by atoms with Crippen LogP contribution in [0.15, 0.2) is 6.07 Å². The molecule has 3 heteroatoms. The third-order valence-corrected chi connectivity index (χ3v) is 6.27. The van der Waals surface area contributed by atoms with E-state index in [1.54, 1.807) is 10.4 Å². The smallest absolute Gasteiger partial charge is 0.0659 e. The predicted octanol–water partition coefficient (Wildman–Crippen LogP) is 5.14. The molecule has 0 saturated heterocycles. The average molecular weight is 377 g/mol. The molecule has 0 radical (unpaired) electrons. The Labute approximate surface area is 129 Å². The van der Waals surface area contributed by atoms with Gasteiger partial charge in [0, 0.05) is 17.0 Å². The standard InChI is InChI=1S/C15H24INS/c1-4-11(5-2)10(3)17-13-7-6-8-14-12(13)9-15(16)18-14/h9-11,13,17H,4-8H2,1-3H3. The maximum absolute atomic E-state index is 3.89. The van der Waals surface area contributed by atoms with E-state index in [2.05, 4.69) is 54.7 Å². The zero-order valence-electron chi connectivity index (χ0n) is 11.6. The number of halogens is 1. The van der Waals surface area contributed by atoms with Crippen molar-refractivity contribution in [3.63, 3.8) is 0 Å². The summed E-state index contributed by atoms with van der Waals surface area (Å²) < 4.78 is 1.45. The van der Waals surface area contributed by atoms with Crippen molar-refractivity contribution in [3.05, 3.63) is 19.4 Å². The monoisotopic (exact) mass is 377 g/mol. The van der Waals surface area contributed by atoms with Crippen LogP contribution in [0.4, 0.5) is 0 Å². The van der Waals surface area contributed by atoms with Gasteiger partial charge in [-0.2, -0.15) is 0 Å². The van der Waals surface area contributed by atoms with Gasteiger partial charge in [0.2, 0.25) is 0 Å². The van der Waals surface area contributed by atoms with Gasteiger partial charge in [0.25, 0.3) is 0 Å². The van der Waals surface area contributed by atoms with Crippen LogP contribution in [-0.4, -0.2) is 6.04 Å². The van der Waals surface area contributed by atoms with E-state index in [0.29, 0.717) is 12.1 Å². The summed E-state index contributed by atoms with van der Waals surface area (Å²) in [6.45, 7) is 6.99. The molecule has 2 atom stereocenters. The average Bonchev–Trinajstić information content (AvgIpc) is 2.72. The highest BCUT2D eigenvalue weighted by molar-refractivity contribution is 14.1. The van der Waals surface area contributed by atoms with E-state index in [-0.39, 0.29) is 0 Å². The highest BCUT2D eigenvalue weighted by atomic mass is 127. The molecular weight excluding hydrogens is 353 g/mol. The van der Waals surface area contributed by atoms with Crippen LogP contribution in [0.1, 0.15) is 62.9 Å². The Morgan fingerprint density at radius 2 is 2.17 bits per heavy atom. The molecule has 1 N–H and O–H groups in total. The number of aryl methyl sites for hydroxylation is 1. The molecule has 1 aliphatic rings. The number of hydrogen-bond donors (Lipinski definition) is 1. The van der Waals surface area contributed by atoms with Crippen molar-refractivity contribution in [1.29, 1.82) is 0 Å². The van der Waals surface area contributed by atoms with Crippen LogP contribution in [0.5, 0.6) is 0 Å². The van der Waals surface area contributed by atoms with Crippen molar-refractivity contribution < 1.29 is 0 Å². The topological polar surface area (TPSA) is 12.0 Å². The first-order valence-electron chi connectivity index (χ1n) is 7.19. The summed E-state index contributed by atoms with van der Waals surface area (Å²) in [4.78, 5) is 1.62. The largest absolute Gasteiger partial charge is 0.307 e. The Bertz CT molecular complexity index is 384. The summed E-state index contributed by atoms with van der Waals surface area (Å²) >= 11 is 4.45. The van der Waals surface area contributed by atoms with Crippen molar-refractivity contribution in [3.8, 4) is 0 Å². The van der Waals surface area contributed by atoms with E-state index in [0.717, 1.165) is 5.92 Å². The fraction of sp³-hybridized carbons (Fsp3) is 0.733. The lowest BCUT2D eigenvalue weighted by atomic mass is 9.90. The first-order valence-corrected chi connectivity index (χ1v) is 9.09. The molecule has 0 amide bonds. The quantitative estimate of drug-likeness (QED) is 0.701. The molecule has 102 valence electrons. The molecule has 2 rings (SSSR count). The summed E-state index contributed by atoms with van der Waals surface area (Å²) in [5.41, 5.74) is 1.59. The Balaban J connectivity index is 2.06. The molecule has 0 bridgehead atoms. The fourth-order valence-corrected chi connectivity index (χ4v) is 5.26. The predicted molar refractivity (Wildman–Crippen MR) is 89.4 cm³/mol. The van der Waals surface area contributed by atoms with E-state index in [1.807, 2.05) is 11.3 Å². The Hall–Kier alpha value is 0.390. The first-order chi connectivity index (χ1) is 8.65. The van der Waals surface area contributed by atoms with Crippen molar-refractivity contribution >= 4 is 33.9 Å². The Morgan fingerprint density at radius 1 is 1.44 bits per heavy atom. The molecular formula is C15H24INS. The van der Waals surface area contributed by atoms with Gasteiger partial charge in [0.15, 0.2) is 0 Å². The lowest BCUT2D eigenvalue weighted by molar-refractivity contribution is 0.308. The summed E-state index contributed by atoms with van der Waals surface area (Å²) in [5, 5.41) is 3.89. The van der Waals surface area contributed by atoms with Gasteiger partial charge in [-0.05, 0) is 66.3 Å². The van der Waals surface area contributed by atoms with E-state index in [9.17, 15) is 0 Å². The van der Waals surface area contributed by atoms with E-state index in [1.165, 1.54) is 35.0 Å². The van der Waals surface area contributed by atoms with Crippen molar-refractivity contribution in [1.82, 2.24) is 5.32 Å². The number of nitrogens with one attached hydrogen (secondary N) is 1. The van der Waals surface area contributed by atoms with Crippen LogP contribution in [0.25, 0.3) is 0 Å². The fourth-order valence-electron chi connectivity index (χ4n) is 3.14. The summed E-state index contributed by atoms with van der Waals surface area (Å²) in [6.07, 6.45) is 6.51. The first kappa shape index (κ1) is 14.8. The van der Waals surface area contributed by atoms with Crippen molar-refractivity contribution in [2.24, 2.45) is 5.92 Å². The highest BCUT2D eigenvalue weighted by Crippen LogP contribution is 2.37. The SMILES string of the molecule is CCC(CC)C(C)NC1CCCc2sc(I)cc21. The van der Waals surface area contributed by atoms with Gasteiger partial charge in [-0.3, -0.25) is 0 Å². The zero-order valence-corrected chi connectivity index (χ0v) is 14.6. The number of fused-ring (bicyclic) bond motifs is 1. The van der Waals surface area contributed by atoms with Crippen LogP contribution in [-0.2, 0) is 6.42 Å². The molecule has 2 unspecified atom stereocenters. The normalized spacial score (nSPS) is 21.1. The lowest BCUT2D eigenvalue weighted by Gasteiger charge is -2.30. The van der Waals surface area contributed by atoms with Gasteiger partial charge in [-0.15, -0.1) is 11.3 Å². The maximum atomic E-state index is 3.89. The molecule has 0 saturated carbocycles. The molecule has 18 heavy (non-hydrogen) atoms. The van der Waals surface area contributed by atoms with E-state index >= 15 is 0 Å². The second-order valence-corrected chi connectivity index (χ2v) is 8.44. The maximum Gasteiger partial charge on any atom is 0.0659 e. The molecule has 1 aromatic heterocycles. The molecule has 1 aromatic rings. The molecule has 0 spiro atoms. The molecule has 1 heterocycles. The van der Waals surface area contributed by atoms with Gasteiger partial charge in [-0.1, -0.05) is 26.7 Å². The van der Waals surface area contributed by atoms with Gasteiger partial charge in [0.1, 0.15) is 0 Å². The number of hydrogen-bond acceptors (Lipinski definition) is 2. The van der Waals surface area contributed by atoms with Crippen molar-refractivity contribution in [2.45, 2.75) is 65.0 Å². The second-order valence-electron chi connectivity index (χ2n) is 5.41. The third kappa shape index (κ3) is 3.28. The summed E-state index contributed by atoms with van der Waals surface area (Å²) in [7, 11) is 0. The summed E-state index contributed by atoms with van der Waals surface area (Å²) in [5.74, 6) is 0.813. The third-order valence-electron chi connectivity index (χ3n) is 4.30. The lowest BCUT2D eigenvalue weighted by Crippen LogP contribution is -2.37. The van der Waals surface area contributed by atoms with Crippen LogP contribution in [0.3, 0.4) is 0 Å². The molecule has 1 nitrogen and oxygen atoms in total. The molecule has 0 aliphatic heterocycles. The second kappa shape index (κ2) is 6.71. The van der Waals surface area contributed by atoms with Crippen LogP contribution in [0, 0.1) is 8.80 Å². The van der Waals surface area contributed by atoms with Crippen LogP contribution < -0.4 is 5.32 Å². The minimum atomic E-state index is 0.601. The van der Waals surface area contributed by atoms with Gasteiger partial charge < -0.3 is 5.32 Å². The van der Waals surface area contributed by atoms with E-state index < -0.39 is 0 Å². The van der Waals surface area contributed by atoms with Gasteiger partial charge in [-0.25, -0.2) is 0 Å². The van der Waals surface area contributed by atoms with Crippen LogP contribution >= 0.6 is 33.9 Å². The molecule has 0 fully saturated rings. The summed E-state index contributed by atoms with van der Waals surface area (Å²) in [6, 6.07) is 3.63. The van der Waals surface area contributed by atoms with Crippen LogP contribution in [0.2, 0.25) is 0 Å². The molecule has 1 aliphatic carbocycles. The number of thiophene rings is 1. The highest BCUT2D eigenvalue weighted by Gasteiger charge is 2.25. The van der Waals surface area contributed by atoms with Crippen molar-refractivity contribution in [2.75, 3.05) is 0 Å². The minimum Gasteiger partial charge on any atom is -0.307 e. The Kier molecular flexibility index (Phi) is 5.51.